The lowest BCUT2D eigenvalue weighted by molar-refractivity contribution is 0.283. The number of likely N-dealkylation sites (tertiary alicyclic amines) is 1. The Morgan fingerprint density at radius 3 is 3.00 bits per heavy atom. The normalized spacial score (nSPS) is 23.3. The summed E-state index contributed by atoms with van der Waals surface area (Å²) in [5.74, 6) is 2.68. The average molecular weight is 208 g/mol. The number of hydrogen-bond acceptors (Lipinski definition) is 2. The smallest absolute Gasteiger partial charge is 0.0211 e. The van der Waals surface area contributed by atoms with Gasteiger partial charge >= 0.3 is 0 Å². The third-order valence-electron chi connectivity index (χ3n) is 3.06. The second-order valence-corrected chi connectivity index (χ2v) is 4.38. The largest absolute Gasteiger partial charge is 0.313 e. The summed E-state index contributed by atoms with van der Waals surface area (Å²) < 4.78 is 0. The van der Waals surface area contributed by atoms with E-state index >= 15 is 0 Å². The molecule has 2 nitrogen and oxygen atoms in total. The van der Waals surface area contributed by atoms with Crippen LogP contribution in [0.2, 0.25) is 0 Å². The van der Waals surface area contributed by atoms with Crippen molar-refractivity contribution in [2.75, 3.05) is 26.2 Å². The predicted octanol–water partition coefficient (Wildman–Crippen LogP) is 1.86. The van der Waals surface area contributed by atoms with Crippen molar-refractivity contribution in [3.63, 3.8) is 0 Å². The van der Waals surface area contributed by atoms with Crippen molar-refractivity contribution in [2.45, 2.75) is 45.1 Å². The molecule has 0 bridgehead atoms. The second-order valence-electron chi connectivity index (χ2n) is 4.38. The van der Waals surface area contributed by atoms with Crippen molar-refractivity contribution in [3.05, 3.63) is 0 Å². The van der Waals surface area contributed by atoms with E-state index in [0.717, 1.165) is 13.0 Å². The van der Waals surface area contributed by atoms with Gasteiger partial charge in [0.05, 0.1) is 0 Å². The molecule has 0 aliphatic carbocycles. The van der Waals surface area contributed by atoms with Crippen LogP contribution in [-0.4, -0.2) is 37.1 Å². The molecular weight excluding hydrogens is 184 g/mol. The van der Waals surface area contributed by atoms with E-state index in [0.29, 0.717) is 6.04 Å². The Hall–Kier alpha value is -0.520. The molecule has 0 aromatic rings. The summed E-state index contributed by atoms with van der Waals surface area (Å²) in [4.78, 5) is 2.59. The zero-order valence-corrected chi connectivity index (χ0v) is 9.97. The van der Waals surface area contributed by atoms with E-state index in [4.69, 9.17) is 6.42 Å². The molecule has 1 saturated heterocycles. The first-order chi connectivity index (χ1) is 7.36. The van der Waals surface area contributed by atoms with Crippen LogP contribution >= 0.6 is 0 Å². The van der Waals surface area contributed by atoms with Crippen LogP contribution in [0.1, 0.15) is 39.0 Å². The summed E-state index contributed by atoms with van der Waals surface area (Å²) in [6.45, 7) is 7.03. The van der Waals surface area contributed by atoms with Crippen molar-refractivity contribution < 1.29 is 0 Å². The highest BCUT2D eigenvalue weighted by Crippen LogP contribution is 2.11. The van der Waals surface area contributed by atoms with E-state index in [9.17, 15) is 0 Å². The summed E-state index contributed by atoms with van der Waals surface area (Å²) in [5.41, 5.74) is 0. The number of hydrogen-bond donors (Lipinski definition) is 1. The minimum absolute atomic E-state index is 0.695. The van der Waals surface area contributed by atoms with Crippen LogP contribution in [0.15, 0.2) is 0 Å². The van der Waals surface area contributed by atoms with Crippen molar-refractivity contribution in [3.8, 4) is 12.3 Å². The number of rotatable bonds is 5. The summed E-state index contributed by atoms with van der Waals surface area (Å²) in [7, 11) is 0. The Balaban J connectivity index is 2.18. The van der Waals surface area contributed by atoms with E-state index in [1.54, 1.807) is 0 Å². The van der Waals surface area contributed by atoms with Crippen molar-refractivity contribution >= 4 is 0 Å². The fourth-order valence-electron chi connectivity index (χ4n) is 2.25. The summed E-state index contributed by atoms with van der Waals surface area (Å²) >= 11 is 0. The van der Waals surface area contributed by atoms with E-state index in [1.165, 1.54) is 45.3 Å². The van der Waals surface area contributed by atoms with Crippen molar-refractivity contribution in [1.29, 1.82) is 0 Å². The quantitative estimate of drug-likeness (QED) is 0.548. The first-order valence-electron chi connectivity index (χ1n) is 6.26. The maximum atomic E-state index is 5.24. The fourth-order valence-corrected chi connectivity index (χ4v) is 2.25. The van der Waals surface area contributed by atoms with Crippen LogP contribution in [0, 0.1) is 12.3 Å². The molecule has 0 radical (unpaired) electrons. The molecule has 0 amide bonds. The molecular formula is C13H24N2. The standard InChI is InChI=1S/C13H24N2/c1-3-5-9-14-13-7-6-11-15(10-4-2)12-8-13/h1,13-14H,4-12H2,2H3. The Morgan fingerprint density at radius 2 is 2.27 bits per heavy atom. The van der Waals surface area contributed by atoms with E-state index in [2.05, 4.69) is 23.1 Å². The Labute approximate surface area is 94.4 Å². The molecule has 1 heterocycles. The second kappa shape index (κ2) is 7.73. The highest BCUT2D eigenvalue weighted by atomic mass is 15.1. The zero-order chi connectivity index (χ0) is 10.9. The monoisotopic (exact) mass is 208 g/mol. The average Bonchev–Trinajstić information content (AvgIpc) is 2.45. The van der Waals surface area contributed by atoms with Crippen molar-refractivity contribution in [1.82, 2.24) is 10.2 Å². The molecule has 15 heavy (non-hydrogen) atoms. The lowest BCUT2D eigenvalue weighted by atomic mass is 10.1. The molecule has 1 aliphatic rings. The Morgan fingerprint density at radius 1 is 1.40 bits per heavy atom. The Bertz CT molecular complexity index is 195. The van der Waals surface area contributed by atoms with Gasteiger partial charge in [-0.05, 0) is 45.3 Å². The van der Waals surface area contributed by atoms with Crippen LogP contribution in [0.5, 0.6) is 0 Å². The maximum absolute atomic E-state index is 5.24. The molecule has 1 rings (SSSR count). The van der Waals surface area contributed by atoms with Gasteiger partial charge in [-0.1, -0.05) is 6.92 Å². The van der Waals surface area contributed by atoms with Gasteiger partial charge in [0.2, 0.25) is 0 Å². The summed E-state index contributed by atoms with van der Waals surface area (Å²) in [6.07, 6.45) is 11.3. The SMILES string of the molecule is C#CCCNC1CCCN(CCC)CC1. The maximum Gasteiger partial charge on any atom is 0.0211 e. The highest BCUT2D eigenvalue weighted by molar-refractivity contribution is 4.85. The number of nitrogens with one attached hydrogen (secondary N) is 1. The Kier molecular flexibility index (Phi) is 6.47. The van der Waals surface area contributed by atoms with E-state index in [-0.39, 0.29) is 0 Å². The van der Waals surface area contributed by atoms with E-state index in [1.807, 2.05) is 0 Å². The first-order valence-corrected chi connectivity index (χ1v) is 6.26. The van der Waals surface area contributed by atoms with Crippen LogP contribution in [0.4, 0.5) is 0 Å². The van der Waals surface area contributed by atoms with Gasteiger partial charge in [0.25, 0.3) is 0 Å². The first kappa shape index (κ1) is 12.5. The van der Waals surface area contributed by atoms with Crippen LogP contribution < -0.4 is 5.32 Å². The lowest BCUT2D eigenvalue weighted by Gasteiger charge is -2.19. The third-order valence-corrected chi connectivity index (χ3v) is 3.06. The molecule has 1 fully saturated rings. The topological polar surface area (TPSA) is 15.3 Å². The molecule has 2 heteroatoms. The molecule has 1 atom stereocenters. The van der Waals surface area contributed by atoms with Crippen LogP contribution in [0.25, 0.3) is 0 Å². The molecule has 1 aliphatic heterocycles. The predicted molar refractivity (Wildman–Crippen MR) is 65.8 cm³/mol. The summed E-state index contributed by atoms with van der Waals surface area (Å²) in [6, 6.07) is 0.695. The van der Waals surface area contributed by atoms with Crippen LogP contribution in [0.3, 0.4) is 0 Å². The molecule has 0 saturated carbocycles. The van der Waals surface area contributed by atoms with Gasteiger partial charge in [-0.15, -0.1) is 12.3 Å². The molecule has 0 aromatic carbocycles. The molecule has 1 unspecified atom stereocenters. The molecule has 0 spiro atoms. The van der Waals surface area contributed by atoms with Gasteiger partial charge < -0.3 is 10.2 Å². The van der Waals surface area contributed by atoms with Gasteiger partial charge in [-0.2, -0.15) is 0 Å². The highest BCUT2D eigenvalue weighted by Gasteiger charge is 2.15. The van der Waals surface area contributed by atoms with E-state index < -0.39 is 0 Å². The summed E-state index contributed by atoms with van der Waals surface area (Å²) in [5, 5.41) is 3.56. The molecule has 0 aromatic heterocycles. The molecule has 86 valence electrons. The minimum atomic E-state index is 0.695. The van der Waals surface area contributed by atoms with Gasteiger partial charge in [0.1, 0.15) is 0 Å². The van der Waals surface area contributed by atoms with Gasteiger partial charge in [-0.3, -0.25) is 0 Å². The van der Waals surface area contributed by atoms with Gasteiger partial charge in [0.15, 0.2) is 0 Å². The fraction of sp³-hybridized carbons (Fsp3) is 0.846. The van der Waals surface area contributed by atoms with Gasteiger partial charge in [0, 0.05) is 19.0 Å². The number of terminal acetylenes is 1. The molecule has 1 N–H and O–H groups in total. The lowest BCUT2D eigenvalue weighted by Crippen LogP contribution is -2.31. The van der Waals surface area contributed by atoms with Crippen LogP contribution in [-0.2, 0) is 0 Å². The zero-order valence-electron chi connectivity index (χ0n) is 9.97. The van der Waals surface area contributed by atoms with Gasteiger partial charge in [-0.25, -0.2) is 0 Å². The number of nitrogens with zero attached hydrogens (tertiary/aromatic N) is 1. The minimum Gasteiger partial charge on any atom is -0.313 e. The third kappa shape index (κ3) is 5.20. The van der Waals surface area contributed by atoms with Crippen molar-refractivity contribution in [2.24, 2.45) is 0 Å².